The molecule has 0 saturated heterocycles. The number of hydrogen-bond donors (Lipinski definition) is 0. The van der Waals surface area contributed by atoms with Crippen LogP contribution < -0.4 is 0 Å². The van der Waals surface area contributed by atoms with E-state index in [1.165, 1.54) is 11.1 Å². The van der Waals surface area contributed by atoms with E-state index in [1.807, 2.05) is 7.11 Å². The van der Waals surface area contributed by atoms with Crippen molar-refractivity contribution in [3.05, 3.63) is 35.4 Å². The first-order valence-corrected chi connectivity index (χ1v) is 5.68. The van der Waals surface area contributed by atoms with E-state index in [0.29, 0.717) is 12.0 Å². The van der Waals surface area contributed by atoms with Gasteiger partial charge >= 0.3 is 0 Å². The fraction of sp³-hybridized carbons (Fsp3) is 0.571. The molecule has 1 aliphatic carbocycles. The van der Waals surface area contributed by atoms with Crippen LogP contribution in [0.2, 0.25) is 0 Å². The van der Waals surface area contributed by atoms with E-state index in [4.69, 9.17) is 4.74 Å². The summed E-state index contributed by atoms with van der Waals surface area (Å²) in [5.74, 6) is 0.513. The van der Waals surface area contributed by atoms with Crippen LogP contribution in [0.1, 0.15) is 44.2 Å². The summed E-state index contributed by atoms with van der Waals surface area (Å²) in [4.78, 5) is 0. The lowest BCUT2D eigenvalue weighted by atomic mass is 9.68. The third-order valence-electron chi connectivity index (χ3n) is 3.75. The highest BCUT2D eigenvalue weighted by atomic mass is 16.5. The summed E-state index contributed by atoms with van der Waals surface area (Å²) in [6.07, 6.45) is 1.47. The summed E-state index contributed by atoms with van der Waals surface area (Å²) in [5.41, 5.74) is 3.19. The molecule has 1 heteroatoms. The lowest BCUT2D eigenvalue weighted by molar-refractivity contribution is 0.0510. The Morgan fingerprint density at radius 1 is 1.27 bits per heavy atom. The van der Waals surface area contributed by atoms with Gasteiger partial charge < -0.3 is 4.74 Å². The highest BCUT2D eigenvalue weighted by Crippen LogP contribution is 2.43. The number of ether oxygens (including phenoxy) is 1. The summed E-state index contributed by atoms with van der Waals surface area (Å²) in [6.45, 7) is 6.88. The number of rotatable bonds is 1. The maximum Gasteiger partial charge on any atom is 0.0645 e. The quantitative estimate of drug-likeness (QED) is 0.680. The van der Waals surface area contributed by atoms with E-state index in [1.54, 1.807) is 0 Å². The zero-order valence-corrected chi connectivity index (χ0v) is 10.1. The van der Waals surface area contributed by atoms with Gasteiger partial charge in [-0.2, -0.15) is 0 Å². The molecule has 1 nitrogen and oxygen atoms in total. The smallest absolute Gasteiger partial charge is 0.0645 e. The van der Waals surface area contributed by atoms with Crippen LogP contribution in [0, 0.1) is 0 Å². The zero-order chi connectivity index (χ0) is 11.1. The standard InChI is InChI=1S/C14H20O/c1-10-11-7-5-6-8-12(11)14(2,3)9-13(10)15-4/h5-8,10,13H,9H2,1-4H3/t10-,13-/m1/s1. The van der Waals surface area contributed by atoms with Gasteiger partial charge in [0.25, 0.3) is 0 Å². The SMILES string of the molecule is CO[C@@H]1CC(C)(C)c2ccccc2[C@H]1C. The Labute approximate surface area is 92.5 Å². The summed E-state index contributed by atoms with van der Waals surface area (Å²) in [7, 11) is 1.82. The van der Waals surface area contributed by atoms with Gasteiger partial charge in [0, 0.05) is 13.0 Å². The average Bonchev–Trinajstić information content (AvgIpc) is 2.24. The largest absolute Gasteiger partial charge is 0.381 e. The van der Waals surface area contributed by atoms with E-state index in [0.717, 1.165) is 6.42 Å². The van der Waals surface area contributed by atoms with Crippen molar-refractivity contribution >= 4 is 0 Å². The van der Waals surface area contributed by atoms with Crippen molar-refractivity contribution in [2.45, 2.75) is 44.6 Å². The molecule has 82 valence electrons. The first-order valence-electron chi connectivity index (χ1n) is 5.68. The van der Waals surface area contributed by atoms with E-state index in [2.05, 4.69) is 45.0 Å². The second kappa shape index (κ2) is 3.64. The van der Waals surface area contributed by atoms with Crippen LogP contribution in [-0.2, 0) is 10.2 Å². The van der Waals surface area contributed by atoms with Crippen LogP contribution >= 0.6 is 0 Å². The molecular weight excluding hydrogens is 184 g/mol. The fourth-order valence-corrected chi connectivity index (χ4v) is 2.79. The molecule has 0 aromatic heterocycles. The van der Waals surface area contributed by atoms with Crippen molar-refractivity contribution in [2.24, 2.45) is 0 Å². The van der Waals surface area contributed by atoms with Gasteiger partial charge in [0.15, 0.2) is 0 Å². The lowest BCUT2D eigenvalue weighted by Gasteiger charge is -2.40. The van der Waals surface area contributed by atoms with Crippen molar-refractivity contribution < 1.29 is 4.74 Å². The summed E-state index contributed by atoms with van der Waals surface area (Å²) < 4.78 is 5.60. The Kier molecular flexibility index (Phi) is 2.59. The molecule has 0 amide bonds. The predicted molar refractivity (Wildman–Crippen MR) is 63.3 cm³/mol. The second-order valence-corrected chi connectivity index (χ2v) is 5.24. The maximum atomic E-state index is 5.60. The molecule has 0 radical (unpaired) electrons. The number of methoxy groups -OCH3 is 1. The van der Waals surface area contributed by atoms with Gasteiger partial charge in [0.05, 0.1) is 6.10 Å². The monoisotopic (exact) mass is 204 g/mol. The highest BCUT2D eigenvalue weighted by Gasteiger charge is 2.36. The molecular formula is C14H20O. The van der Waals surface area contributed by atoms with Gasteiger partial charge in [-0.3, -0.25) is 0 Å². The highest BCUT2D eigenvalue weighted by molar-refractivity contribution is 5.39. The first kappa shape index (κ1) is 10.7. The van der Waals surface area contributed by atoms with Crippen LogP contribution in [-0.4, -0.2) is 13.2 Å². The second-order valence-electron chi connectivity index (χ2n) is 5.24. The molecule has 0 fully saturated rings. The topological polar surface area (TPSA) is 9.23 Å². The number of hydrogen-bond acceptors (Lipinski definition) is 1. The molecule has 0 unspecified atom stereocenters. The van der Waals surface area contributed by atoms with Gasteiger partial charge in [-0.25, -0.2) is 0 Å². The van der Waals surface area contributed by atoms with Crippen LogP contribution in [0.5, 0.6) is 0 Å². The van der Waals surface area contributed by atoms with Gasteiger partial charge in [-0.05, 0) is 23.0 Å². The Morgan fingerprint density at radius 2 is 1.93 bits per heavy atom. The lowest BCUT2D eigenvalue weighted by Crippen LogP contribution is -2.36. The van der Waals surface area contributed by atoms with Gasteiger partial charge in [-0.15, -0.1) is 0 Å². The zero-order valence-electron chi connectivity index (χ0n) is 10.1. The normalized spacial score (nSPS) is 28.5. The molecule has 1 aliphatic rings. The number of fused-ring (bicyclic) bond motifs is 1. The molecule has 1 aromatic carbocycles. The van der Waals surface area contributed by atoms with Crippen LogP contribution in [0.4, 0.5) is 0 Å². The molecule has 2 rings (SSSR count). The average molecular weight is 204 g/mol. The molecule has 15 heavy (non-hydrogen) atoms. The van der Waals surface area contributed by atoms with Crippen molar-refractivity contribution in [1.29, 1.82) is 0 Å². The summed E-state index contributed by atoms with van der Waals surface area (Å²) >= 11 is 0. The minimum Gasteiger partial charge on any atom is -0.381 e. The molecule has 1 aromatic rings. The molecule has 0 spiro atoms. The van der Waals surface area contributed by atoms with Crippen molar-refractivity contribution in [3.63, 3.8) is 0 Å². The van der Waals surface area contributed by atoms with Crippen LogP contribution in [0.3, 0.4) is 0 Å². The van der Waals surface area contributed by atoms with Crippen molar-refractivity contribution in [1.82, 2.24) is 0 Å². The van der Waals surface area contributed by atoms with E-state index in [9.17, 15) is 0 Å². The third-order valence-corrected chi connectivity index (χ3v) is 3.75. The van der Waals surface area contributed by atoms with E-state index in [-0.39, 0.29) is 5.41 Å². The minimum atomic E-state index is 0.240. The van der Waals surface area contributed by atoms with Crippen molar-refractivity contribution in [3.8, 4) is 0 Å². The molecule has 0 N–H and O–H groups in total. The first-order chi connectivity index (χ1) is 7.06. The van der Waals surface area contributed by atoms with Crippen LogP contribution in [0.15, 0.2) is 24.3 Å². The predicted octanol–water partition coefficient (Wildman–Crippen LogP) is 3.49. The van der Waals surface area contributed by atoms with E-state index >= 15 is 0 Å². The van der Waals surface area contributed by atoms with Crippen LogP contribution in [0.25, 0.3) is 0 Å². The third kappa shape index (κ3) is 1.69. The van der Waals surface area contributed by atoms with Gasteiger partial charge in [0.2, 0.25) is 0 Å². The number of benzene rings is 1. The Balaban J connectivity index is 2.50. The molecule has 0 saturated carbocycles. The molecule has 2 atom stereocenters. The van der Waals surface area contributed by atoms with Gasteiger partial charge in [-0.1, -0.05) is 45.0 Å². The Morgan fingerprint density at radius 3 is 2.60 bits per heavy atom. The molecule has 0 heterocycles. The van der Waals surface area contributed by atoms with E-state index < -0.39 is 0 Å². The fourth-order valence-electron chi connectivity index (χ4n) is 2.79. The Hall–Kier alpha value is -0.820. The molecule has 0 bridgehead atoms. The Bertz CT molecular complexity index is 354. The van der Waals surface area contributed by atoms with Crippen molar-refractivity contribution in [2.75, 3.05) is 7.11 Å². The minimum absolute atomic E-state index is 0.240. The summed E-state index contributed by atoms with van der Waals surface area (Å²) in [6, 6.07) is 8.77. The maximum absolute atomic E-state index is 5.60. The molecule has 0 aliphatic heterocycles. The van der Waals surface area contributed by atoms with Gasteiger partial charge in [0.1, 0.15) is 0 Å². The summed E-state index contributed by atoms with van der Waals surface area (Å²) in [5, 5.41) is 0.